The van der Waals surface area contributed by atoms with Gasteiger partial charge in [0, 0.05) is 6.42 Å². The number of alkyl halides is 3. The lowest BCUT2D eigenvalue weighted by molar-refractivity contribution is -0.138. The molecule has 1 aliphatic heterocycles. The zero-order valence-corrected chi connectivity index (χ0v) is 11.1. The molecule has 1 amide bonds. The van der Waals surface area contributed by atoms with Crippen LogP contribution in [0.4, 0.5) is 18.9 Å². The van der Waals surface area contributed by atoms with E-state index in [4.69, 9.17) is 0 Å². The van der Waals surface area contributed by atoms with Gasteiger partial charge in [0.15, 0.2) is 0 Å². The Morgan fingerprint density at radius 2 is 1.90 bits per heavy atom. The highest BCUT2D eigenvalue weighted by Gasteiger charge is 2.38. The Morgan fingerprint density at radius 1 is 1.25 bits per heavy atom. The van der Waals surface area contributed by atoms with Crippen molar-refractivity contribution in [3.63, 3.8) is 0 Å². The van der Waals surface area contributed by atoms with E-state index in [0.717, 1.165) is 12.1 Å². The summed E-state index contributed by atoms with van der Waals surface area (Å²) in [6.07, 6.45) is -4.24. The average Bonchev–Trinajstić information content (AvgIpc) is 2.29. The van der Waals surface area contributed by atoms with Crippen LogP contribution in [0.3, 0.4) is 0 Å². The maximum absolute atomic E-state index is 12.9. The third-order valence-electron chi connectivity index (χ3n) is 2.70. The summed E-state index contributed by atoms with van der Waals surface area (Å²) in [5.74, 6) is -0.706. The van der Waals surface area contributed by atoms with Gasteiger partial charge >= 0.3 is 6.18 Å². The molecule has 0 saturated heterocycles. The lowest BCUT2D eigenvalue weighted by Gasteiger charge is -2.28. The monoisotopic (exact) mass is 309 g/mol. The summed E-state index contributed by atoms with van der Waals surface area (Å²) in [5, 5.41) is 0.406. The average molecular weight is 309 g/mol. The van der Waals surface area contributed by atoms with Crippen molar-refractivity contribution < 1.29 is 30.7 Å². The normalized spacial score (nSPS) is 16.2. The van der Waals surface area contributed by atoms with E-state index in [2.05, 4.69) is 4.28 Å². The summed E-state index contributed by atoms with van der Waals surface area (Å²) in [5.41, 5.74) is -1.24. The molecule has 1 heterocycles. The van der Waals surface area contributed by atoms with Gasteiger partial charge in [-0.25, -0.2) is 0 Å². The van der Waals surface area contributed by atoms with E-state index in [1.807, 2.05) is 0 Å². The first-order valence-corrected chi connectivity index (χ1v) is 7.33. The SMILES string of the molecule is CS(=O)(=O)ON1C(=O)CCc2c1cccc2C(F)(F)F. The molecule has 0 aliphatic carbocycles. The quantitative estimate of drug-likeness (QED) is 0.837. The summed E-state index contributed by atoms with van der Waals surface area (Å²) in [6, 6.07) is 3.19. The Balaban J connectivity index is 2.55. The van der Waals surface area contributed by atoms with Crippen molar-refractivity contribution >= 4 is 21.7 Å². The number of amides is 1. The Labute approximate surface area is 113 Å². The van der Waals surface area contributed by atoms with E-state index in [1.165, 1.54) is 6.07 Å². The highest BCUT2D eigenvalue weighted by Crippen LogP contribution is 2.39. The molecule has 0 saturated carbocycles. The minimum atomic E-state index is -4.58. The zero-order chi connectivity index (χ0) is 15.1. The minimum Gasteiger partial charge on any atom is -0.272 e. The predicted octanol–water partition coefficient (Wildman–Crippen LogP) is 1.88. The van der Waals surface area contributed by atoms with Crippen LogP contribution < -0.4 is 5.06 Å². The number of rotatable bonds is 2. The number of benzene rings is 1. The lowest BCUT2D eigenvalue weighted by atomic mass is 9.97. The van der Waals surface area contributed by atoms with Crippen LogP contribution in [0.25, 0.3) is 0 Å². The molecule has 2 rings (SSSR count). The maximum Gasteiger partial charge on any atom is 0.416 e. The molecular formula is C11H10F3NO4S. The van der Waals surface area contributed by atoms with Gasteiger partial charge in [-0.2, -0.15) is 26.7 Å². The van der Waals surface area contributed by atoms with Crippen molar-refractivity contribution in [2.24, 2.45) is 0 Å². The molecule has 0 N–H and O–H groups in total. The van der Waals surface area contributed by atoms with Gasteiger partial charge < -0.3 is 0 Å². The fourth-order valence-corrected chi connectivity index (χ4v) is 2.41. The molecule has 5 nitrogen and oxygen atoms in total. The van der Waals surface area contributed by atoms with Crippen LogP contribution in [0, 0.1) is 0 Å². The number of hydroxylamine groups is 1. The second-order valence-electron chi connectivity index (χ2n) is 4.27. The number of carbonyl (C=O) groups is 1. The predicted molar refractivity (Wildman–Crippen MR) is 63.2 cm³/mol. The third-order valence-corrected chi connectivity index (χ3v) is 3.12. The van der Waals surface area contributed by atoms with Gasteiger partial charge in [-0.05, 0) is 24.1 Å². The van der Waals surface area contributed by atoms with Gasteiger partial charge in [-0.1, -0.05) is 6.07 Å². The molecule has 0 aromatic heterocycles. The molecule has 20 heavy (non-hydrogen) atoms. The number of anilines is 1. The highest BCUT2D eigenvalue weighted by molar-refractivity contribution is 7.86. The Kier molecular flexibility index (Phi) is 3.51. The van der Waals surface area contributed by atoms with Gasteiger partial charge in [-0.15, -0.1) is 4.28 Å². The van der Waals surface area contributed by atoms with E-state index >= 15 is 0 Å². The third kappa shape index (κ3) is 2.93. The van der Waals surface area contributed by atoms with E-state index in [0.29, 0.717) is 11.3 Å². The summed E-state index contributed by atoms with van der Waals surface area (Å²) in [7, 11) is -4.02. The van der Waals surface area contributed by atoms with E-state index in [-0.39, 0.29) is 24.1 Å². The van der Waals surface area contributed by atoms with Gasteiger partial charge in [0.25, 0.3) is 16.0 Å². The molecule has 1 aliphatic rings. The first-order valence-electron chi connectivity index (χ1n) is 5.51. The Hall–Kier alpha value is -1.61. The first kappa shape index (κ1) is 14.8. The Bertz CT molecular complexity index is 654. The maximum atomic E-state index is 12.9. The van der Waals surface area contributed by atoms with Crippen LogP contribution in [0.2, 0.25) is 0 Å². The van der Waals surface area contributed by atoms with Gasteiger partial charge in [-0.3, -0.25) is 4.79 Å². The summed E-state index contributed by atoms with van der Waals surface area (Å²) < 4.78 is 65.3. The van der Waals surface area contributed by atoms with Crippen molar-refractivity contribution in [2.75, 3.05) is 11.3 Å². The minimum absolute atomic E-state index is 0.118. The zero-order valence-electron chi connectivity index (χ0n) is 10.3. The molecule has 0 bridgehead atoms. The Morgan fingerprint density at radius 3 is 2.45 bits per heavy atom. The number of nitrogens with zero attached hydrogens (tertiary/aromatic N) is 1. The van der Waals surface area contributed by atoms with Crippen molar-refractivity contribution in [3.8, 4) is 0 Å². The number of carbonyl (C=O) groups excluding carboxylic acids is 1. The first-order chi connectivity index (χ1) is 9.09. The largest absolute Gasteiger partial charge is 0.416 e. The molecule has 110 valence electrons. The fourth-order valence-electron chi connectivity index (χ4n) is 1.98. The standard InChI is InChI=1S/C11H10F3NO4S/c1-20(17,18)19-15-9-4-2-3-8(11(12,13)14)7(9)5-6-10(15)16/h2-4H,5-6H2,1H3. The second kappa shape index (κ2) is 4.74. The highest BCUT2D eigenvalue weighted by atomic mass is 32.2. The van der Waals surface area contributed by atoms with Gasteiger partial charge in [0.05, 0.1) is 17.5 Å². The van der Waals surface area contributed by atoms with Crippen LogP contribution in [-0.4, -0.2) is 20.6 Å². The molecule has 0 radical (unpaired) electrons. The molecule has 0 atom stereocenters. The topological polar surface area (TPSA) is 63.7 Å². The van der Waals surface area contributed by atoms with Crippen LogP contribution in [0.1, 0.15) is 17.5 Å². The molecule has 9 heteroatoms. The van der Waals surface area contributed by atoms with Crippen LogP contribution in [0.5, 0.6) is 0 Å². The van der Waals surface area contributed by atoms with Crippen molar-refractivity contribution in [3.05, 3.63) is 29.3 Å². The van der Waals surface area contributed by atoms with Crippen LogP contribution in [-0.2, 0) is 31.8 Å². The van der Waals surface area contributed by atoms with E-state index in [9.17, 15) is 26.4 Å². The summed E-state index contributed by atoms with van der Waals surface area (Å²) in [6.45, 7) is 0. The van der Waals surface area contributed by atoms with Gasteiger partial charge in [0.1, 0.15) is 0 Å². The summed E-state index contributed by atoms with van der Waals surface area (Å²) in [4.78, 5) is 11.7. The number of fused-ring (bicyclic) bond motifs is 1. The second-order valence-corrected chi connectivity index (χ2v) is 5.83. The number of halogens is 3. The fraction of sp³-hybridized carbons (Fsp3) is 0.364. The van der Waals surface area contributed by atoms with Crippen LogP contribution >= 0.6 is 0 Å². The van der Waals surface area contributed by atoms with Crippen molar-refractivity contribution in [2.45, 2.75) is 19.0 Å². The van der Waals surface area contributed by atoms with Crippen molar-refractivity contribution in [1.82, 2.24) is 0 Å². The molecular weight excluding hydrogens is 299 g/mol. The lowest BCUT2D eigenvalue weighted by Crippen LogP contribution is -2.37. The smallest absolute Gasteiger partial charge is 0.272 e. The molecule has 1 aromatic rings. The molecule has 1 aromatic carbocycles. The van der Waals surface area contributed by atoms with E-state index in [1.54, 1.807) is 0 Å². The number of hydrogen-bond acceptors (Lipinski definition) is 4. The van der Waals surface area contributed by atoms with Gasteiger partial charge in [0.2, 0.25) is 0 Å². The van der Waals surface area contributed by atoms with E-state index < -0.39 is 27.8 Å². The molecule has 0 spiro atoms. The molecule has 0 unspecified atom stereocenters. The van der Waals surface area contributed by atoms with Crippen LogP contribution in [0.15, 0.2) is 18.2 Å². The number of hydrogen-bond donors (Lipinski definition) is 0. The van der Waals surface area contributed by atoms with Crippen molar-refractivity contribution in [1.29, 1.82) is 0 Å². The summed E-state index contributed by atoms with van der Waals surface area (Å²) >= 11 is 0. The molecule has 0 fully saturated rings.